The van der Waals surface area contributed by atoms with E-state index in [1.54, 1.807) is 42.5 Å². The number of aliphatic hydroxyl groups is 1. The van der Waals surface area contributed by atoms with Crippen molar-refractivity contribution < 1.29 is 9.90 Å². The van der Waals surface area contributed by atoms with Crippen LogP contribution in [0.25, 0.3) is 0 Å². The highest BCUT2D eigenvalue weighted by atomic mass is 79.9. The number of carbonyl (C=O) groups is 1. The zero-order valence-electron chi connectivity index (χ0n) is 10.1. The van der Waals surface area contributed by atoms with E-state index in [1.165, 1.54) is 0 Å². The highest BCUT2D eigenvalue weighted by Gasteiger charge is 2.07. The van der Waals surface area contributed by atoms with Gasteiger partial charge in [-0.3, -0.25) is 4.79 Å². The normalized spacial score (nSPS) is 10.2. The number of aliphatic hydroxyl groups excluding tert-OH is 1. The van der Waals surface area contributed by atoms with Crippen molar-refractivity contribution in [3.63, 3.8) is 0 Å². The molecule has 0 spiro atoms. The average Bonchev–Trinajstić information content (AvgIpc) is 2.42. The van der Waals surface area contributed by atoms with Gasteiger partial charge < -0.3 is 16.2 Å². The highest BCUT2D eigenvalue weighted by molar-refractivity contribution is 9.10. The summed E-state index contributed by atoms with van der Waals surface area (Å²) in [4.78, 5) is 12.0. The summed E-state index contributed by atoms with van der Waals surface area (Å²) < 4.78 is 0.761. The first-order valence-corrected chi connectivity index (χ1v) is 6.45. The molecule has 0 saturated carbocycles. The van der Waals surface area contributed by atoms with E-state index in [0.717, 1.165) is 10.0 Å². The molecular formula is C14H13BrN2O2. The van der Waals surface area contributed by atoms with Crippen molar-refractivity contribution in [3.05, 3.63) is 58.1 Å². The summed E-state index contributed by atoms with van der Waals surface area (Å²) in [5.41, 5.74) is 8.21. The van der Waals surface area contributed by atoms with Gasteiger partial charge in [0.15, 0.2) is 0 Å². The maximum Gasteiger partial charge on any atom is 0.255 e. The van der Waals surface area contributed by atoms with Crippen molar-refractivity contribution >= 4 is 33.2 Å². The van der Waals surface area contributed by atoms with Crippen molar-refractivity contribution in [2.75, 3.05) is 11.1 Å². The van der Waals surface area contributed by atoms with Crippen LogP contribution in [0.1, 0.15) is 15.9 Å². The molecule has 5 heteroatoms. The molecule has 2 aromatic rings. The molecule has 0 aliphatic rings. The van der Waals surface area contributed by atoms with E-state index in [4.69, 9.17) is 10.8 Å². The van der Waals surface area contributed by atoms with Crippen LogP contribution in [-0.4, -0.2) is 11.0 Å². The van der Waals surface area contributed by atoms with E-state index in [-0.39, 0.29) is 12.5 Å². The first-order valence-electron chi connectivity index (χ1n) is 5.66. The summed E-state index contributed by atoms with van der Waals surface area (Å²) in [7, 11) is 0. The van der Waals surface area contributed by atoms with Gasteiger partial charge in [-0.1, -0.05) is 12.1 Å². The Hall–Kier alpha value is -1.85. The average molecular weight is 321 g/mol. The third kappa shape index (κ3) is 3.33. The minimum absolute atomic E-state index is 0.0164. The van der Waals surface area contributed by atoms with E-state index in [2.05, 4.69) is 21.2 Å². The molecule has 4 N–H and O–H groups in total. The number of halogens is 1. The molecule has 0 bridgehead atoms. The fourth-order valence-electron chi connectivity index (χ4n) is 1.58. The zero-order chi connectivity index (χ0) is 13.8. The molecule has 2 rings (SSSR count). The minimum Gasteiger partial charge on any atom is -0.398 e. The van der Waals surface area contributed by atoms with E-state index in [1.807, 2.05) is 0 Å². The summed E-state index contributed by atoms with van der Waals surface area (Å²) in [5, 5.41) is 11.7. The molecular weight excluding hydrogens is 308 g/mol. The van der Waals surface area contributed by atoms with Gasteiger partial charge in [-0.25, -0.2) is 0 Å². The summed E-state index contributed by atoms with van der Waals surface area (Å²) >= 11 is 3.28. The third-order valence-electron chi connectivity index (χ3n) is 2.65. The van der Waals surface area contributed by atoms with Crippen molar-refractivity contribution in [2.45, 2.75) is 6.61 Å². The van der Waals surface area contributed by atoms with Crippen molar-refractivity contribution in [1.82, 2.24) is 0 Å². The number of nitrogens with one attached hydrogen (secondary N) is 1. The maximum atomic E-state index is 12.0. The maximum absolute atomic E-state index is 12.0. The molecule has 98 valence electrons. The number of rotatable bonds is 3. The van der Waals surface area contributed by atoms with Crippen molar-refractivity contribution in [1.29, 1.82) is 0 Å². The van der Waals surface area contributed by atoms with Crippen LogP contribution in [0.3, 0.4) is 0 Å². The largest absolute Gasteiger partial charge is 0.398 e. The number of anilines is 2. The number of nitrogens with two attached hydrogens (primary N) is 1. The Labute approximate surface area is 119 Å². The van der Waals surface area contributed by atoms with Gasteiger partial charge in [0.2, 0.25) is 0 Å². The number of carbonyl (C=O) groups excluding carboxylic acids is 1. The lowest BCUT2D eigenvalue weighted by Gasteiger charge is -2.07. The van der Waals surface area contributed by atoms with Gasteiger partial charge >= 0.3 is 0 Å². The Kier molecular flexibility index (Phi) is 4.19. The molecule has 0 atom stereocenters. The van der Waals surface area contributed by atoms with Crippen LogP contribution in [0.2, 0.25) is 0 Å². The van der Waals surface area contributed by atoms with Crippen LogP contribution in [0.5, 0.6) is 0 Å². The van der Waals surface area contributed by atoms with Gasteiger partial charge in [-0.15, -0.1) is 0 Å². The molecule has 0 heterocycles. The number of amides is 1. The predicted octanol–water partition coefficient (Wildman–Crippen LogP) is 2.78. The van der Waals surface area contributed by atoms with E-state index >= 15 is 0 Å². The lowest BCUT2D eigenvalue weighted by molar-refractivity contribution is 0.102. The number of hydrogen-bond acceptors (Lipinski definition) is 3. The zero-order valence-corrected chi connectivity index (χ0v) is 11.6. The fourth-order valence-corrected chi connectivity index (χ4v) is 1.83. The van der Waals surface area contributed by atoms with Gasteiger partial charge in [0, 0.05) is 21.4 Å². The highest BCUT2D eigenvalue weighted by Crippen LogP contribution is 2.21. The lowest BCUT2D eigenvalue weighted by Crippen LogP contribution is -2.12. The topological polar surface area (TPSA) is 75.4 Å². The van der Waals surface area contributed by atoms with Crippen LogP contribution in [-0.2, 0) is 6.61 Å². The fraction of sp³-hybridized carbons (Fsp3) is 0.0714. The molecule has 0 saturated heterocycles. The van der Waals surface area contributed by atoms with Gasteiger partial charge in [-0.2, -0.15) is 0 Å². The predicted molar refractivity (Wildman–Crippen MR) is 78.9 cm³/mol. The first kappa shape index (κ1) is 13.6. The van der Waals surface area contributed by atoms with Crippen LogP contribution in [0.4, 0.5) is 11.4 Å². The first-order chi connectivity index (χ1) is 9.10. The van der Waals surface area contributed by atoms with Crippen LogP contribution in [0.15, 0.2) is 46.9 Å². The molecule has 0 aromatic heterocycles. The quantitative estimate of drug-likeness (QED) is 0.761. The van der Waals surface area contributed by atoms with Gasteiger partial charge in [0.25, 0.3) is 5.91 Å². The molecule has 0 radical (unpaired) electrons. The lowest BCUT2D eigenvalue weighted by atomic mass is 10.1. The SMILES string of the molecule is Nc1cc(C(=O)Nc2ccc(CO)cc2)ccc1Br. The Morgan fingerprint density at radius 3 is 2.47 bits per heavy atom. The second kappa shape index (κ2) is 5.86. The molecule has 0 fully saturated rings. The Morgan fingerprint density at radius 1 is 1.21 bits per heavy atom. The van der Waals surface area contributed by atoms with Crippen LogP contribution in [0, 0.1) is 0 Å². The molecule has 0 unspecified atom stereocenters. The third-order valence-corrected chi connectivity index (χ3v) is 3.37. The van der Waals surface area contributed by atoms with Gasteiger partial charge in [0.05, 0.1) is 6.61 Å². The second-order valence-electron chi connectivity index (χ2n) is 4.05. The van der Waals surface area contributed by atoms with Crippen molar-refractivity contribution in [2.24, 2.45) is 0 Å². The Bertz CT molecular complexity index is 597. The molecule has 2 aromatic carbocycles. The molecule has 0 aliphatic heterocycles. The summed E-state index contributed by atoms with van der Waals surface area (Å²) in [6, 6.07) is 12.0. The summed E-state index contributed by atoms with van der Waals surface area (Å²) in [5.74, 6) is -0.226. The Balaban J connectivity index is 2.13. The number of benzene rings is 2. The number of nitrogen functional groups attached to an aromatic ring is 1. The molecule has 4 nitrogen and oxygen atoms in total. The van der Waals surface area contributed by atoms with E-state index in [9.17, 15) is 4.79 Å². The second-order valence-corrected chi connectivity index (χ2v) is 4.90. The van der Waals surface area contributed by atoms with Gasteiger partial charge in [0.1, 0.15) is 0 Å². The summed E-state index contributed by atoms with van der Waals surface area (Å²) in [6.45, 7) is -0.0164. The Morgan fingerprint density at radius 2 is 1.89 bits per heavy atom. The smallest absolute Gasteiger partial charge is 0.255 e. The van der Waals surface area contributed by atoms with Crippen LogP contribution < -0.4 is 11.1 Å². The molecule has 0 aliphatic carbocycles. The van der Waals surface area contributed by atoms with Crippen LogP contribution >= 0.6 is 15.9 Å². The van der Waals surface area contributed by atoms with E-state index in [0.29, 0.717) is 16.9 Å². The standard InChI is InChI=1S/C14H13BrN2O2/c15-12-6-3-10(7-13(12)16)14(19)17-11-4-1-9(8-18)2-5-11/h1-7,18H,8,16H2,(H,17,19). The summed E-state index contributed by atoms with van der Waals surface area (Å²) in [6.07, 6.45) is 0. The molecule has 19 heavy (non-hydrogen) atoms. The van der Waals surface area contributed by atoms with E-state index < -0.39 is 0 Å². The number of hydrogen-bond donors (Lipinski definition) is 3. The molecule has 1 amide bonds. The van der Waals surface area contributed by atoms with Crippen molar-refractivity contribution in [3.8, 4) is 0 Å². The van der Waals surface area contributed by atoms with Gasteiger partial charge in [-0.05, 0) is 51.8 Å². The minimum atomic E-state index is -0.226. The monoisotopic (exact) mass is 320 g/mol.